The molecule has 1 heterocycles. The van der Waals surface area contributed by atoms with Gasteiger partial charge in [0.1, 0.15) is 0 Å². The van der Waals surface area contributed by atoms with E-state index in [-0.39, 0.29) is 6.04 Å². The molecule has 1 aromatic rings. The maximum atomic E-state index is 5.90. The van der Waals surface area contributed by atoms with Crippen molar-refractivity contribution in [2.75, 3.05) is 5.75 Å². The van der Waals surface area contributed by atoms with Crippen molar-refractivity contribution in [1.29, 1.82) is 0 Å². The SMILES string of the molecule is CCCSCc1noc([C@@H](N)C(C)C)n1. The van der Waals surface area contributed by atoms with Crippen LogP contribution in [0.4, 0.5) is 0 Å². The molecule has 15 heavy (non-hydrogen) atoms. The molecule has 0 aliphatic rings. The van der Waals surface area contributed by atoms with Crippen LogP contribution in [0.1, 0.15) is 44.9 Å². The highest BCUT2D eigenvalue weighted by atomic mass is 32.2. The second-order valence-corrected chi connectivity index (χ2v) is 4.98. The Labute approximate surface area is 95.0 Å². The largest absolute Gasteiger partial charge is 0.338 e. The Morgan fingerprint density at radius 3 is 2.80 bits per heavy atom. The molecule has 0 aliphatic carbocycles. The number of hydrogen-bond donors (Lipinski definition) is 1. The third-order valence-electron chi connectivity index (χ3n) is 2.07. The van der Waals surface area contributed by atoms with Crippen LogP contribution in [0.3, 0.4) is 0 Å². The standard InChI is InChI=1S/C10H19N3OS/c1-4-5-15-6-8-12-10(14-13-8)9(11)7(2)3/h7,9H,4-6,11H2,1-3H3/t9-/m0/s1. The Bertz CT molecular complexity index is 288. The quantitative estimate of drug-likeness (QED) is 0.759. The molecular weight excluding hydrogens is 210 g/mol. The zero-order valence-corrected chi connectivity index (χ0v) is 10.4. The molecule has 0 spiro atoms. The van der Waals surface area contributed by atoms with Gasteiger partial charge >= 0.3 is 0 Å². The number of nitrogens with two attached hydrogens (primary N) is 1. The normalized spacial score (nSPS) is 13.4. The van der Waals surface area contributed by atoms with Crippen LogP contribution in [0.15, 0.2) is 4.52 Å². The van der Waals surface area contributed by atoms with Crippen molar-refractivity contribution in [3.8, 4) is 0 Å². The van der Waals surface area contributed by atoms with Gasteiger partial charge in [0, 0.05) is 0 Å². The Morgan fingerprint density at radius 1 is 1.47 bits per heavy atom. The molecule has 86 valence electrons. The Kier molecular flexibility index (Phi) is 5.11. The van der Waals surface area contributed by atoms with Crippen molar-refractivity contribution < 1.29 is 4.52 Å². The van der Waals surface area contributed by atoms with Gasteiger partial charge in [-0.15, -0.1) is 0 Å². The topological polar surface area (TPSA) is 64.9 Å². The molecule has 5 heteroatoms. The van der Waals surface area contributed by atoms with E-state index in [9.17, 15) is 0 Å². The van der Waals surface area contributed by atoms with Gasteiger partial charge in [-0.3, -0.25) is 0 Å². The number of thioether (sulfide) groups is 1. The Balaban J connectivity index is 2.48. The summed E-state index contributed by atoms with van der Waals surface area (Å²) < 4.78 is 5.12. The first-order valence-electron chi connectivity index (χ1n) is 5.31. The molecule has 1 aromatic heterocycles. The van der Waals surface area contributed by atoms with Gasteiger partial charge in [0.15, 0.2) is 5.82 Å². The van der Waals surface area contributed by atoms with E-state index < -0.39 is 0 Å². The third-order valence-corrected chi connectivity index (χ3v) is 3.23. The summed E-state index contributed by atoms with van der Waals surface area (Å²) in [5.41, 5.74) is 5.90. The first kappa shape index (κ1) is 12.5. The van der Waals surface area contributed by atoms with Crippen LogP contribution in [0.5, 0.6) is 0 Å². The lowest BCUT2D eigenvalue weighted by Gasteiger charge is -2.09. The fourth-order valence-corrected chi connectivity index (χ4v) is 1.79. The van der Waals surface area contributed by atoms with Gasteiger partial charge in [0.05, 0.1) is 11.8 Å². The molecular formula is C10H19N3OS. The van der Waals surface area contributed by atoms with E-state index >= 15 is 0 Å². The van der Waals surface area contributed by atoms with E-state index in [1.807, 2.05) is 25.6 Å². The molecule has 4 nitrogen and oxygen atoms in total. The number of hydrogen-bond acceptors (Lipinski definition) is 5. The maximum Gasteiger partial charge on any atom is 0.243 e. The van der Waals surface area contributed by atoms with E-state index in [1.54, 1.807) is 0 Å². The van der Waals surface area contributed by atoms with Gasteiger partial charge in [-0.05, 0) is 18.1 Å². The number of aromatic nitrogens is 2. The van der Waals surface area contributed by atoms with Gasteiger partial charge in [-0.1, -0.05) is 25.9 Å². The maximum absolute atomic E-state index is 5.90. The van der Waals surface area contributed by atoms with E-state index in [0.29, 0.717) is 11.8 Å². The van der Waals surface area contributed by atoms with Crippen LogP contribution < -0.4 is 5.73 Å². The predicted octanol–water partition coefficient (Wildman–Crippen LogP) is 2.37. The highest BCUT2D eigenvalue weighted by molar-refractivity contribution is 7.98. The van der Waals surface area contributed by atoms with Crippen molar-refractivity contribution in [2.45, 2.75) is 39.0 Å². The summed E-state index contributed by atoms with van der Waals surface area (Å²) in [4.78, 5) is 4.28. The van der Waals surface area contributed by atoms with Crippen LogP contribution in [-0.2, 0) is 5.75 Å². The van der Waals surface area contributed by atoms with Crippen molar-refractivity contribution in [2.24, 2.45) is 11.7 Å². The molecule has 0 radical (unpaired) electrons. The molecule has 1 atom stereocenters. The van der Waals surface area contributed by atoms with Gasteiger partial charge < -0.3 is 10.3 Å². The molecule has 0 aliphatic heterocycles. The van der Waals surface area contributed by atoms with E-state index in [1.165, 1.54) is 6.42 Å². The lowest BCUT2D eigenvalue weighted by atomic mass is 10.1. The van der Waals surface area contributed by atoms with Gasteiger partial charge in [-0.2, -0.15) is 16.7 Å². The first-order valence-corrected chi connectivity index (χ1v) is 6.46. The summed E-state index contributed by atoms with van der Waals surface area (Å²) >= 11 is 1.81. The summed E-state index contributed by atoms with van der Waals surface area (Å²) in [6.45, 7) is 6.24. The van der Waals surface area contributed by atoms with E-state index in [4.69, 9.17) is 10.3 Å². The van der Waals surface area contributed by atoms with Crippen LogP contribution in [0, 0.1) is 5.92 Å². The fourth-order valence-electron chi connectivity index (χ4n) is 1.05. The molecule has 0 unspecified atom stereocenters. The summed E-state index contributed by atoms with van der Waals surface area (Å²) in [7, 11) is 0. The van der Waals surface area contributed by atoms with Crippen LogP contribution in [0.2, 0.25) is 0 Å². The second kappa shape index (κ2) is 6.12. The molecule has 1 rings (SSSR count). The lowest BCUT2D eigenvalue weighted by molar-refractivity contribution is 0.323. The van der Waals surface area contributed by atoms with Gasteiger partial charge in [0.2, 0.25) is 5.89 Å². The van der Waals surface area contributed by atoms with Crippen LogP contribution in [-0.4, -0.2) is 15.9 Å². The van der Waals surface area contributed by atoms with Crippen LogP contribution in [0.25, 0.3) is 0 Å². The lowest BCUT2D eigenvalue weighted by Crippen LogP contribution is -2.17. The van der Waals surface area contributed by atoms with Crippen molar-refractivity contribution in [3.05, 3.63) is 11.7 Å². The third kappa shape index (κ3) is 3.83. The molecule has 0 amide bonds. The minimum Gasteiger partial charge on any atom is -0.338 e. The van der Waals surface area contributed by atoms with Crippen molar-refractivity contribution >= 4 is 11.8 Å². The van der Waals surface area contributed by atoms with Crippen LogP contribution >= 0.6 is 11.8 Å². The Hall–Kier alpha value is -0.550. The monoisotopic (exact) mass is 229 g/mol. The Morgan fingerprint density at radius 2 is 2.20 bits per heavy atom. The molecule has 0 saturated heterocycles. The summed E-state index contributed by atoms with van der Waals surface area (Å²) in [6, 6.07) is -0.151. The summed E-state index contributed by atoms with van der Waals surface area (Å²) in [5, 5.41) is 3.90. The highest BCUT2D eigenvalue weighted by Gasteiger charge is 2.17. The molecule has 2 N–H and O–H groups in total. The van der Waals surface area contributed by atoms with E-state index in [0.717, 1.165) is 17.3 Å². The van der Waals surface area contributed by atoms with Gasteiger partial charge in [-0.25, -0.2) is 0 Å². The minimum atomic E-state index is -0.151. The smallest absolute Gasteiger partial charge is 0.243 e. The summed E-state index contributed by atoms with van der Waals surface area (Å²) in [5.74, 6) is 3.56. The zero-order chi connectivity index (χ0) is 11.3. The molecule has 0 bridgehead atoms. The number of rotatable bonds is 6. The predicted molar refractivity (Wildman–Crippen MR) is 62.5 cm³/mol. The van der Waals surface area contributed by atoms with Gasteiger partial charge in [0.25, 0.3) is 0 Å². The fraction of sp³-hybridized carbons (Fsp3) is 0.800. The van der Waals surface area contributed by atoms with Crippen molar-refractivity contribution in [3.63, 3.8) is 0 Å². The zero-order valence-electron chi connectivity index (χ0n) is 9.56. The second-order valence-electron chi connectivity index (χ2n) is 3.87. The highest BCUT2D eigenvalue weighted by Crippen LogP contribution is 2.18. The number of nitrogens with zero attached hydrogens (tertiary/aromatic N) is 2. The first-order chi connectivity index (χ1) is 7.15. The average molecular weight is 229 g/mol. The average Bonchev–Trinajstić information content (AvgIpc) is 2.65. The van der Waals surface area contributed by atoms with Crippen molar-refractivity contribution in [1.82, 2.24) is 10.1 Å². The minimum absolute atomic E-state index is 0.151. The summed E-state index contributed by atoms with van der Waals surface area (Å²) in [6.07, 6.45) is 1.17. The molecule has 0 aromatic carbocycles. The van der Waals surface area contributed by atoms with E-state index in [2.05, 4.69) is 17.1 Å². The molecule has 0 saturated carbocycles. The molecule has 0 fully saturated rings.